The standard InChI is InChI=1S/C23H26N2O6/c1-13(11-20(27)25-21(14(2)26)22(28)29)24-23(30)31-12-19-17-9-5-3-7-15(17)16-8-4-6-10-18(16)19/h3-10,13-14,19,21,26H,11-12H2,1-2H3,(H,24,30)(H,25,27)(H,28,29)/t13-,14-,21+/m1/s1. The van der Waals surface area contributed by atoms with E-state index in [0.29, 0.717) is 0 Å². The second kappa shape index (κ2) is 9.61. The van der Waals surface area contributed by atoms with Gasteiger partial charge in [-0.25, -0.2) is 9.59 Å². The molecule has 2 aromatic rings. The lowest BCUT2D eigenvalue weighted by Crippen LogP contribution is -2.49. The van der Waals surface area contributed by atoms with Gasteiger partial charge >= 0.3 is 12.1 Å². The molecule has 8 nitrogen and oxygen atoms in total. The number of carboxylic acids is 1. The smallest absolute Gasteiger partial charge is 0.407 e. The van der Waals surface area contributed by atoms with E-state index in [0.717, 1.165) is 22.3 Å². The Morgan fingerprint density at radius 1 is 0.968 bits per heavy atom. The van der Waals surface area contributed by atoms with Crippen LogP contribution < -0.4 is 10.6 Å². The quantitative estimate of drug-likeness (QED) is 0.513. The van der Waals surface area contributed by atoms with E-state index in [2.05, 4.69) is 10.6 Å². The van der Waals surface area contributed by atoms with Crippen molar-refractivity contribution >= 4 is 18.0 Å². The zero-order valence-corrected chi connectivity index (χ0v) is 17.4. The average Bonchev–Trinajstić information content (AvgIpc) is 3.04. The Morgan fingerprint density at radius 2 is 1.52 bits per heavy atom. The Kier molecular flexibility index (Phi) is 6.91. The Hall–Kier alpha value is -3.39. The first kappa shape index (κ1) is 22.3. The number of carboxylic acid groups (broad SMARTS) is 1. The SMILES string of the molecule is C[C@H](CC(=O)N[C@H](C(=O)O)[C@@H](C)O)NC(=O)OCC1c2ccccc2-c2ccccc21. The lowest BCUT2D eigenvalue weighted by atomic mass is 9.98. The molecule has 0 saturated heterocycles. The largest absolute Gasteiger partial charge is 0.480 e. The van der Waals surface area contributed by atoms with Crippen molar-refractivity contribution in [1.82, 2.24) is 10.6 Å². The van der Waals surface area contributed by atoms with Crippen LogP contribution in [0.3, 0.4) is 0 Å². The summed E-state index contributed by atoms with van der Waals surface area (Å²) in [5, 5.41) is 23.3. The maximum Gasteiger partial charge on any atom is 0.407 e. The first-order chi connectivity index (χ1) is 14.8. The van der Waals surface area contributed by atoms with Crippen LogP contribution >= 0.6 is 0 Å². The fourth-order valence-corrected chi connectivity index (χ4v) is 3.79. The number of rotatable bonds is 8. The second-order valence-electron chi connectivity index (χ2n) is 7.70. The van der Waals surface area contributed by atoms with E-state index < -0.39 is 36.2 Å². The zero-order chi connectivity index (χ0) is 22.5. The monoisotopic (exact) mass is 426 g/mol. The van der Waals surface area contributed by atoms with Crippen molar-refractivity contribution in [2.75, 3.05) is 6.61 Å². The van der Waals surface area contributed by atoms with E-state index in [1.54, 1.807) is 6.92 Å². The maximum absolute atomic E-state index is 12.3. The molecule has 1 aliphatic rings. The highest BCUT2D eigenvalue weighted by atomic mass is 16.5. The summed E-state index contributed by atoms with van der Waals surface area (Å²) in [5.41, 5.74) is 4.45. The summed E-state index contributed by atoms with van der Waals surface area (Å²) >= 11 is 0. The number of carbonyl (C=O) groups excluding carboxylic acids is 2. The van der Waals surface area contributed by atoms with E-state index in [9.17, 15) is 19.5 Å². The van der Waals surface area contributed by atoms with Crippen molar-refractivity contribution < 1.29 is 29.3 Å². The van der Waals surface area contributed by atoms with Crippen LogP contribution in [0.1, 0.15) is 37.3 Å². The Morgan fingerprint density at radius 3 is 2.03 bits per heavy atom. The molecule has 0 aliphatic heterocycles. The predicted octanol–water partition coefficient (Wildman–Crippen LogP) is 2.25. The number of benzene rings is 2. The molecule has 2 amide bonds. The third-order valence-electron chi connectivity index (χ3n) is 5.26. The number of hydrogen-bond acceptors (Lipinski definition) is 5. The molecule has 0 spiro atoms. The fraction of sp³-hybridized carbons (Fsp3) is 0.348. The lowest BCUT2D eigenvalue weighted by molar-refractivity contribution is -0.144. The molecule has 0 bridgehead atoms. The molecule has 0 saturated carbocycles. The molecule has 0 radical (unpaired) electrons. The van der Waals surface area contributed by atoms with Gasteiger partial charge in [-0.3, -0.25) is 4.79 Å². The van der Waals surface area contributed by atoms with E-state index >= 15 is 0 Å². The highest BCUT2D eigenvalue weighted by Crippen LogP contribution is 2.44. The third-order valence-corrected chi connectivity index (χ3v) is 5.26. The number of nitrogens with one attached hydrogen (secondary N) is 2. The van der Waals surface area contributed by atoms with Gasteiger partial charge in [0, 0.05) is 18.4 Å². The normalized spacial score (nSPS) is 15.2. The Bertz CT molecular complexity index is 929. The molecule has 0 unspecified atom stereocenters. The second-order valence-corrected chi connectivity index (χ2v) is 7.70. The summed E-state index contributed by atoms with van der Waals surface area (Å²) < 4.78 is 5.43. The van der Waals surface area contributed by atoms with Gasteiger partial charge in [0.1, 0.15) is 6.61 Å². The van der Waals surface area contributed by atoms with Gasteiger partial charge in [0.25, 0.3) is 0 Å². The van der Waals surface area contributed by atoms with Crippen molar-refractivity contribution in [3.05, 3.63) is 59.7 Å². The predicted molar refractivity (Wildman–Crippen MR) is 114 cm³/mol. The van der Waals surface area contributed by atoms with Crippen molar-refractivity contribution in [2.24, 2.45) is 0 Å². The number of aliphatic hydroxyl groups excluding tert-OH is 1. The summed E-state index contributed by atoms with van der Waals surface area (Å²) in [5.74, 6) is -2.00. The number of fused-ring (bicyclic) bond motifs is 3. The molecule has 4 N–H and O–H groups in total. The van der Waals surface area contributed by atoms with E-state index in [1.165, 1.54) is 6.92 Å². The van der Waals surface area contributed by atoms with Gasteiger partial charge in [-0.05, 0) is 36.1 Å². The minimum atomic E-state index is -1.41. The van der Waals surface area contributed by atoms with Crippen molar-refractivity contribution in [1.29, 1.82) is 0 Å². The van der Waals surface area contributed by atoms with Gasteiger partial charge in [0.2, 0.25) is 5.91 Å². The first-order valence-corrected chi connectivity index (χ1v) is 10.1. The van der Waals surface area contributed by atoms with Crippen LogP contribution in [0.4, 0.5) is 4.79 Å². The number of ether oxygens (including phenoxy) is 1. The van der Waals surface area contributed by atoms with Crippen molar-refractivity contribution in [2.45, 2.75) is 44.4 Å². The van der Waals surface area contributed by atoms with Crippen LogP contribution in [0.2, 0.25) is 0 Å². The zero-order valence-electron chi connectivity index (χ0n) is 17.4. The molecule has 0 fully saturated rings. The van der Waals surface area contributed by atoms with E-state index in [4.69, 9.17) is 9.84 Å². The minimum absolute atomic E-state index is 0.0703. The molecule has 8 heteroatoms. The van der Waals surface area contributed by atoms with Crippen LogP contribution in [0.25, 0.3) is 11.1 Å². The Balaban J connectivity index is 1.54. The van der Waals surface area contributed by atoms with Crippen LogP contribution in [-0.4, -0.2) is 53.0 Å². The van der Waals surface area contributed by atoms with Crippen molar-refractivity contribution in [3.8, 4) is 11.1 Å². The van der Waals surface area contributed by atoms with E-state index in [1.807, 2.05) is 48.5 Å². The lowest BCUT2D eigenvalue weighted by Gasteiger charge is -2.19. The molecule has 164 valence electrons. The molecule has 0 aromatic heterocycles. The molecular formula is C23H26N2O6. The third kappa shape index (κ3) is 5.21. The van der Waals surface area contributed by atoms with Gasteiger partial charge in [0.15, 0.2) is 6.04 Å². The topological polar surface area (TPSA) is 125 Å². The number of amides is 2. The number of carbonyl (C=O) groups is 3. The first-order valence-electron chi connectivity index (χ1n) is 10.1. The van der Waals surface area contributed by atoms with Gasteiger partial charge in [-0.2, -0.15) is 0 Å². The maximum atomic E-state index is 12.3. The molecule has 3 atom stereocenters. The minimum Gasteiger partial charge on any atom is -0.480 e. The molecule has 0 heterocycles. The van der Waals surface area contributed by atoms with Gasteiger partial charge < -0.3 is 25.6 Å². The molecular weight excluding hydrogens is 400 g/mol. The van der Waals surface area contributed by atoms with Crippen LogP contribution in [0, 0.1) is 0 Å². The number of hydrogen-bond donors (Lipinski definition) is 4. The summed E-state index contributed by atoms with van der Waals surface area (Å²) in [4.78, 5) is 35.3. The molecule has 1 aliphatic carbocycles. The average molecular weight is 426 g/mol. The van der Waals surface area contributed by atoms with Crippen molar-refractivity contribution in [3.63, 3.8) is 0 Å². The van der Waals surface area contributed by atoms with Crippen LogP contribution in [0.15, 0.2) is 48.5 Å². The number of aliphatic hydroxyl groups is 1. The number of alkyl carbamates (subject to hydrolysis) is 1. The highest BCUT2D eigenvalue weighted by Gasteiger charge is 2.29. The van der Waals surface area contributed by atoms with Gasteiger partial charge in [-0.1, -0.05) is 48.5 Å². The molecule has 3 rings (SSSR count). The molecule has 31 heavy (non-hydrogen) atoms. The summed E-state index contributed by atoms with van der Waals surface area (Å²) in [6.07, 6.45) is -2.06. The van der Waals surface area contributed by atoms with Crippen LogP contribution in [-0.2, 0) is 14.3 Å². The Labute approximate surface area is 180 Å². The van der Waals surface area contributed by atoms with Gasteiger partial charge in [0.05, 0.1) is 6.10 Å². The summed E-state index contributed by atoms with van der Waals surface area (Å²) in [6, 6.07) is 14.0. The fourth-order valence-electron chi connectivity index (χ4n) is 3.79. The summed E-state index contributed by atoms with van der Waals surface area (Å²) in [7, 11) is 0. The van der Waals surface area contributed by atoms with E-state index in [-0.39, 0.29) is 18.9 Å². The van der Waals surface area contributed by atoms with Gasteiger partial charge in [-0.15, -0.1) is 0 Å². The number of aliphatic carboxylic acids is 1. The van der Waals surface area contributed by atoms with Crippen LogP contribution in [0.5, 0.6) is 0 Å². The summed E-state index contributed by atoms with van der Waals surface area (Å²) in [6.45, 7) is 3.04. The highest BCUT2D eigenvalue weighted by molar-refractivity contribution is 5.84. The molecule has 2 aromatic carbocycles.